The first-order valence-corrected chi connectivity index (χ1v) is 21.9. The Balaban J connectivity index is 4.33. The van der Waals surface area contributed by atoms with Crippen LogP contribution in [-0.2, 0) is 32.7 Å². The van der Waals surface area contributed by atoms with Crippen LogP contribution >= 0.6 is 7.82 Å². The van der Waals surface area contributed by atoms with E-state index in [1.165, 1.54) is 64.2 Å². The molecule has 0 aromatic heterocycles. The highest BCUT2D eigenvalue weighted by atomic mass is 31.2. The van der Waals surface area contributed by atoms with Gasteiger partial charge in [0, 0.05) is 12.8 Å². The van der Waals surface area contributed by atoms with Gasteiger partial charge in [0.15, 0.2) is 6.10 Å². The molecule has 3 atom stereocenters. The zero-order chi connectivity index (χ0) is 38.4. The number of hydrogen-bond acceptors (Lipinski definition) is 9. The molecule has 0 aromatic carbocycles. The Morgan fingerprint density at radius 1 is 0.596 bits per heavy atom. The predicted molar refractivity (Wildman–Crippen MR) is 210 cm³/mol. The summed E-state index contributed by atoms with van der Waals surface area (Å²) in [7, 11) is -4.61. The fraction of sp³-hybridized carbons (Fsp3) is 0.805. The summed E-state index contributed by atoms with van der Waals surface area (Å²) in [6, 6.07) is 0. The van der Waals surface area contributed by atoms with Crippen molar-refractivity contribution in [3.63, 3.8) is 0 Å². The lowest BCUT2D eigenvalue weighted by atomic mass is 10.0. The second-order valence-electron chi connectivity index (χ2n) is 13.6. The highest BCUT2D eigenvalue weighted by molar-refractivity contribution is 7.47. The Bertz CT molecular complexity index is 967. The fourth-order valence-electron chi connectivity index (χ4n) is 5.42. The maximum atomic E-state index is 12.6. The van der Waals surface area contributed by atoms with Crippen molar-refractivity contribution in [1.82, 2.24) is 0 Å². The van der Waals surface area contributed by atoms with Crippen LogP contribution in [0.5, 0.6) is 0 Å². The van der Waals surface area contributed by atoms with Crippen LogP contribution in [0, 0.1) is 0 Å². The Morgan fingerprint density at radius 2 is 1.06 bits per heavy atom. The molecule has 0 heterocycles. The number of rotatable bonds is 38. The van der Waals surface area contributed by atoms with Crippen molar-refractivity contribution in [2.45, 2.75) is 187 Å². The maximum absolute atomic E-state index is 12.6. The zero-order valence-electron chi connectivity index (χ0n) is 32.8. The first-order chi connectivity index (χ1) is 25.2. The van der Waals surface area contributed by atoms with Gasteiger partial charge in [-0.05, 0) is 44.9 Å². The monoisotopic (exact) mass is 759 g/mol. The number of hydrogen-bond donors (Lipinski definition) is 3. The second kappa shape index (κ2) is 37.5. The van der Waals surface area contributed by atoms with E-state index >= 15 is 0 Å². The van der Waals surface area contributed by atoms with Crippen molar-refractivity contribution < 1.29 is 47.8 Å². The van der Waals surface area contributed by atoms with Gasteiger partial charge < -0.3 is 24.6 Å². The van der Waals surface area contributed by atoms with Gasteiger partial charge in [0.05, 0.1) is 19.8 Å². The molecule has 0 rings (SSSR count). The molecular formula is C41H75O10P. The molecule has 0 bridgehead atoms. The van der Waals surface area contributed by atoms with E-state index in [0.29, 0.717) is 12.8 Å². The lowest BCUT2D eigenvalue weighted by Gasteiger charge is -2.20. The van der Waals surface area contributed by atoms with E-state index in [1.807, 2.05) is 0 Å². The first-order valence-electron chi connectivity index (χ1n) is 20.4. The third kappa shape index (κ3) is 36.5. The predicted octanol–water partition coefficient (Wildman–Crippen LogP) is 10.4. The van der Waals surface area contributed by atoms with E-state index in [9.17, 15) is 24.2 Å². The van der Waals surface area contributed by atoms with Crippen molar-refractivity contribution in [1.29, 1.82) is 0 Å². The van der Waals surface area contributed by atoms with Crippen LogP contribution in [0.2, 0.25) is 0 Å². The molecule has 52 heavy (non-hydrogen) atoms. The number of esters is 2. The molecule has 0 aliphatic heterocycles. The van der Waals surface area contributed by atoms with E-state index in [4.69, 9.17) is 19.1 Å². The number of phosphoric ester groups is 1. The fourth-order valence-corrected chi connectivity index (χ4v) is 6.21. The molecular weight excluding hydrogens is 683 g/mol. The molecule has 0 fully saturated rings. The summed E-state index contributed by atoms with van der Waals surface area (Å²) in [6.07, 6.45) is 36.8. The third-order valence-corrected chi connectivity index (χ3v) is 9.51. The van der Waals surface area contributed by atoms with Crippen LogP contribution < -0.4 is 0 Å². The Hall–Kier alpha value is -1.81. The van der Waals surface area contributed by atoms with E-state index < -0.39 is 51.8 Å². The number of unbranched alkanes of at least 4 members (excludes halogenated alkanes) is 18. The second-order valence-corrected chi connectivity index (χ2v) is 15.1. The number of allylic oxidation sites excluding steroid dienone is 6. The highest BCUT2D eigenvalue weighted by Gasteiger charge is 2.27. The first kappa shape index (κ1) is 50.2. The Morgan fingerprint density at radius 3 is 1.60 bits per heavy atom. The van der Waals surface area contributed by atoms with Crippen LogP contribution in [0.15, 0.2) is 36.5 Å². The van der Waals surface area contributed by atoms with E-state index in [-0.39, 0.29) is 19.4 Å². The van der Waals surface area contributed by atoms with Crippen molar-refractivity contribution in [2.24, 2.45) is 0 Å². The molecule has 3 unspecified atom stereocenters. The summed E-state index contributed by atoms with van der Waals surface area (Å²) >= 11 is 0. The molecule has 0 spiro atoms. The van der Waals surface area contributed by atoms with Crippen LogP contribution in [0.1, 0.15) is 174 Å². The average molecular weight is 759 g/mol. The third-order valence-electron chi connectivity index (χ3n) is 8.56. The SMILES string of the molecule is CC/C=C\C/C=C\C/C=C\CCCCCCCCCC(=O)OC(COC(=O)CCCCCCCCCCCCCC)COP(=O)(O)OCC(O)CO. The summed E-state index contributed by atoms with van der Waals surface area (Å²) in [5.74, 6) is -0.934. The minimum absolute atomic E-state index is 0.174. The number of aliphatic hydroxyl groups excluding tert-OH is 2. The van der Waals surface area contributed by atoms with Gasteiger partial charge in [-0.25, -0.2) is 4.57 Å². The number of aliphatic hydroxyl groups is 2. The topological polar surface area (TPSA) is 149 Å². The van der Waals surface area contributed by atoms with Crippen molar-refractivity contribution in [2.75, 3.05) is 26.4 Å². The molecule has 11 heteroatoms. The molecule has 0 amide bonds. The minimum Gasteiger partial charge on any atom is -0.462 e. The van der Waals surface area contributed by atoms with Gasteiger partial charge in [-0.15, -0.1) is 0 Å². The summed E-state index contributed by atoms with van der Waals surface area (Å²) in [5, 5.41) is 18.3. The van der Waals surface area contributed by atoms with Crippen LogP contribution in [0.4, 0.5) is 0 Å². The molecule has 0 radical (unpaired) electrons. The molecule has 0 aliphatic rings. The molecule has 10 nitrogen and oxygen atoms in total. The van der Waals surface area contributed by atoms with Gasteiger partial charge in [-0.1, -0.05) is 153 Å². The highest BCUT2D eigenvalue weighted by Crippen LogP contribution is 2.43. The summed E-state index contributed by atoms with van der Waals surface area (Å²) in [5.41, 5.74) is 0. The molecule has 0 saturated heterocycles. The summed E-state index contributed by atoms with van der Waals surface area (Å²) in [6.45, 7) is 2.25. The van der Waals surface area contributed by atoms with Crippen molar-refractivity contribution in [3.8, 4) is 0 Å². The average Bonchev–Trinajstić information content (AvgIpc) is 3.13. The maximum Gasteiger partial charge on any atom is 0.472 e. The van der Waals surface area contributed by atoms with Crippen molar-refractivity contribution >= 4 is 19.8 Å². The van der Waals surface area contributed by atoms with Crippen LogP contribution in [-0.4, -0.2) is 65.7 Å². The Labute approximate surface area is 316 Å². The van der Waals surface area contributed by atoms with Crippen LogP contribution in [0.25, 0.3) is 0 Å². The van der Waals surface area contributed by atoms with Crippen molar-refractivity contribution in [3.05, 3.63) is 36.5 Å². The Kier molecular flexibility index (Phi) is 36.2. The smallest absolute Gasteiger partial charge is 0.462 e. The van der Waals surface area contributed by atoms with Gasteiger partial charge in [0.2, 0.25) is 0 Å². The summed E-state index contributed by atoms with van der Waals surface area (Å²) < 4.78 is 32.6. The number of carbonyl (C=O) groups excluding carboxylic acids is 2. The lowest BCUT2D eigenvalue weighted by Crippen LogP contribution is -2.29. The lowest BCUT2D eigenvalue weighted by molar-refractivity contribution is -0.161. The normalized spacial score (nSPS) is 14.3. The quantitative estimate of drug-likeness (QED) is 0.0240. The number of carbonyl (C=O) groups is 2. The number of ether oxygens (including phenoxy) is 2. The molecule has 0 aromatic rings. The molecule has 304 valence electrons. The molecule has 3 N–H and O–H groups in total. The van der Waals surface area contributed by atoms with E-state index in [2.05, 4.69) is 54.8 Å². The van der Waals surface area contributed by atoms with Gasteiger partial charge in [-0.3, -0.25) is 18.6 Å². The zero-order valence-corrected chi connectivity index (χ0v) is 33.7. The standard InChI is InChI=1S/C41H75O10P/c1-3-5-7-9-11-13-15-17-18-19-20-21-23-25-27-29-31-33-41(45)51-39(37-50-52(46,47)49-35-38(43)34-42)36-48-40(44)32-30-28-26-24-22-16-14-12-10-8-6-4-2/h5,7,11,13,17-18,38-39,42-43H,3-4,6,8-10,12,14-16,19-37H2,1-2H3,(H,46,47)/b7-5-,13-11-,18-17-. The van der Waals surface area contributed by atoms with Gasteiger partial charge in [-0.2, -0.15) is 0 Å². The van der Waals surface area contributed by atoms with Crippen LogP contribution in [0.3, 0.4) is 0 Å². The minimum atomic E-state index is -4.61. The number of phosphoric acid groups is 1. The molecule has 0 aliphatic carbocycles. The summed E-state index contributed by atoms with van der Waals surface area (Å²) in [4.78, 5) is 34.9. The van der Waals surface area contributed by atoms with E-state index in [0.717, 1.165) is 70.6 Å². The van der Waals surface area contributed by atoms with Gasteiger partial charge in [0.1, 0.15) is 12.7 Å². The van der Waals surface area contributed by atoms with Gasteiger partial charge in [0.25, 0.3) is 0 Å². The van der Waals surface area contributed by atoms with Gasteiger partial charge >= 0.3 is 19.8 Å². The molecule has 0 saturated carbocycles. The van der Waals surface area contributed by atoms with E-state index in [1.54, 1.807) is 0 Å². The largest absolute Gasteiger partial charge is 0.472 e.